The van der Waals surface area contributed by atoms with E-state index in [4.69, 9.17) is 28.3 Å². The number of hydrogen-bond acceptors (Lipinski definition) is 2. The van der Waals surface area contributed by atoms with E-state index in [0.29, 0.717) is 15.7 Å². The molecule has 88 valence electrons. The van der Waals surface area contributed by atoms with Gasteiger partial charge in [-0.05, 0) is 32.0 Å². The van der Waals surface area contributed by atoms with Crippen molar-refractivity contribution in [3.63, 3.8) is 0 Å². The van der Waals surface area contributed by atoms with Gasteiger partial charge in [-0.1, -0.05) is 23.2 Å². The minimum Gasteiger partial charge on any atom is -0.481 e. The van der Waals surface area contributed by atoms with Gasteiger partial charge in [-0.3, -0.25) is 4.79 Å². The molecule has 0 amide bonds. The van der Waals surface area contributed by atoms with Crippen LogP contribution in [0, 0.1) is 5.92 Å². The van der Waals surface area contributed by atoms with E-state index in [-0.39, 0.29) is 6.04 Å². The quantitative estimate of drug-likeness (QED) is 0.872. The average molecular weight is 262 g/mol. The minimum atomic E-state index is -0.849. The van der Waals surface area contributed by atoms with Crippen LogP contribution in [0.25, 0.3) is 0 Å². The fourth-order valence-corrected chi connectivity index (χ4v) is 1.54. The smallest absolute Gasteiger partial charge is 0.308 e. The Labute approximate surface area is 104 Å². The van der Waals surface area contributed by atoms with Gasteiger partial charge in [-0.15, -0.1) is 0 Å². The minimum absolute atomic E-state index is 0.228. The summed E-state index contributed by atoms with van der Waals surface area (Å²) in [5.74, 6) is -1.35. The van der Waals surface area contributed by atoms with E-state index in [0.717, 1.165) is 0 Å². The number of nitrogens with one attached hydrogen (secondary N) is 1. The fourth-order valence-electron chi connectivity index (χ4n) is 1.19. The first kappa shape index (κ1) is 13.1. The van der Waals surface area contributed by atoms with Crippen LogP contribution in [0.5, 0.6) is 0 Å². The van der Waals surface area contributed by atoms with Gasteiger partial charge in [0.25, 0.3) is 0 Å². The molecule has 16 heavy (non-hydrogen) atoms. The molecule has 2 unspecified atom stereocenters. The summed E-state index contributed by atoms with van der Waals surface area (Å²) in [7, 11) is 0. The molecule has 0 heterocycles. The number of carboxylic acids is 1. The number of aliphatic carboxylic acids is 1. The molecular weight excluding hydrogens is 249 g/mol. The third-order valence-corrected chi connectivity index (χ3v) is 3.02. The van der Waals surface area contributed by atoms with Crippen molar-refractivity contribution in [2.45, 2.75) is 19.9 Å². The number of benzene rings is 1. The highest BCUT2D eigenvalue weighted by Crippen LogP contribution is 2.26. The topological polar surface area (TPSA) is 49.3 Å². The fraction of sp³-hybridized carbons (Fsp3) is 0.364. The summed E-state index contributed by atoms with van der Waals surface area (Å²) < 4.78 is 0. The van der Waals surface area contributed by atoms with Crippen LogP contribution in [0.2, 0.25) is 10.0 Å². The zero-order valence-corrected chi connectivity index (χ0v) is 10.5. The Hall–Kier alpha value is -0.930. The van der Waals surface area contributed by atoms with Crippen molar-refractivity contribution < 1.29 is 9.90 Å². The molecule has 0 bridgehead atoms. The van der Waals surface area contributed by atoms with Crippen LogP contribution in [0.3, 0.4) is 0 Å². The summed E-state index contributed by atoms with van der Waals surface area (Å²) in [4.78, 5) is 10.8. The van der Waals surface area contributed by atoms with Gasteiger partial charge in [0.15, 0.2) is 0 Å². The third-order valence-electron chi connectivity index (χ3n) is 2.45. The van der Waals surface area contributed by atoms with E-state index < -0.39 is 11.9 Å². The van der Waals surface area contributed by atoms with Gasteiger partial charge in [0, 0.05) is 11.1 Å². The van der Waals surface area contributed by atoms with Gasteiger partial charge in [-0.2, -0.15) is 0 Å². The van der Waals surface area contributed by atoms with E-state index in [1.807, 2.05) is 0 Å². The van der Waals surface area contributed by atoms with Crippen molar-refractivity contribution in [2.24, 2.45) is 5.92 Å². The first-order valence-corrected chi connectivity index (χ1v) is 5.62. The molecule has 0 fully saturated rings. The van der Waals surface area contributed by atoms with Crippen LogP contribution in [-0.4, -0.2) is 17.1 Å². The standard InChI is InChI=1S/C11H13Cl2NO2/c1-6(11(15)16)7(2)14-10-5-8(12)3-4-9(10)13/h3-7,14H,1-2H3,(H,15,16). The van der Waals surface area contributed by atoms with E-state index in [1.165, 1.54) is 0 Å². The third kappa shape index (κ3) is 3.29. The van der Waals surface area contributed by atoms with E-state index in [9.17, 15) is 4.79 Å². The number of carbonyl (C=O) groups is 1. The van der Waals surface area contributed by atoms with Gasteiger partial charge in [0.05, 0.1) is 16.6 Å². The Morgan fingerprint density at radius 2 is 2.00 bits per heavy atom. The lowest BCUT2D eigenvalue weighted by Gasteiger charge is -2.19. The van der Waals surface area contributed by atoms with Crippen molar-refractivity contribution in [3.05, 3.63) is 28.2 Å². The lowest BCUT2D eigenvalue weighted by atomic mass is 10.0. The van der Waals surface area contributed by atoms with E-state index >= 15 is 0 Å². The molecule has 0 aliphatic carbocycles. The molecule has 2 atom stereocenters. The SMILES string of the molecule is CC(Nc1cc(Cl)ccc1Cl)C(C)C(=O)O. The highest BCUT2D eigenvalue weighted by Gasteiger charge is 2.19. The Morgan fingerprint density at radius 3 is 2.56 bits per heavy atom. The van der Waals surface area contributed by atoms with Gasteiger partial charge in [0.2, 0.25) is 0 Å². The monoisotopic (exact) mass is 261 g/mol. The first-order chi connectivity index (χ1) is 7.41. The zero-order chi connectivity index (χ0) is 12.3. The van der Waals surface area contributed by atoms with E-state index in [1.54, 1.807) is 32.0 Å². The van der Waals surface area contributed by atoms with Crippen LogP contribution in [0.15, 0.2) is 18.2 Å². The van der Waals surface area contributed by atoms with Gasteiger partial charge < -0.3 is 10.4 Å². The Kier molecular flexibility index (Phi) is 4.44. The summed E-state index contributed by atoms with van der Waals surface area (Å²) in [6.45, 7) is 3.43. The normalized spacial score (nSPS) is 14.2. The van der Waals surface area contributed by atoms with Gasteiger partial charge in [-0.25, -0.2) is 0 Å². The van der Waals surface area contributed by atoms with E-state index in [2.05, 4.69) is 5.32 Å². The Balaban J connectivity index is 2.80. The summed E-state index contributed by atoms with van der Waals surface area (Å²) in [6.07, 6.45) is 0. The molecule has 0 aromatic heterocycles. The van der Waals surface area contributed by atoms with Crippen LogP contribution in [0.4, 0.5) is 5.69 Å². The van der Waals surface area contributed by atoms with Crippen LogP contribution >= 0.6 is 23.2 Å². The molecule has 0 saturated heterocycles. The van der Waals surface area contributed by atoms with Crippen LogP contribution in [-0.2, 0) is 4.79 Å². The predicted octanol–water partition coefficient (Wildman–Crippen LogP) is 3.51. The molecule has 0 saturated carbocycles. The maximum atomic E-state index is 10.8. The Bertz CT molecular complexity index is 396. The molecule has 0 radical (unpaired) electrons. The number of rotatable bonds is 4. The maximum Gasteiger partial charge on any atom is 0.308 e. The second kappa shape index (κ2) is 5.41. The average Bonchev–Trinajstić information content (AvgIpc) is 2.22. The van der Waals surface area contributed by atoms with Crippen molar-refractivity contribution in [1.29, 1.82) is 0 Å². The van der Waals surface area contributed by atoms with Crippen LogP contribution in [0.1, 0.15) is 13.8 Å². The highest BCUT2D eigenvalue weighted by molar-refractivity contribution is 6.35. The lowest BCUT2D eigenvalue weighted by molar-refractivity contribution is -0.141. The van der Waals surface area contributed by atoms with Gasteiger partial charge in [0.1, 0.15) is 0 Å². The molecule has 2 N–H and O–H groups in total. The molecule has 1 aromatic rings. The number of halogens is 2. The number of carboxylic acid groups (broad SMARTS) is 1. The number of anilines is 1. The Morgan fingerprint density at radius 1 is 1.38 bits per heavy atom. The van der Waals surface area contributed by atoms with Crippen molar-refractivity contribution in [3.8, 4) is 0 Å². The van der Waals surface area contributed by atoms with Crippen LogP contribution < -0.4 is 5.32 Å². The van der Waals surface area contributed by atoms with Crippen molar-refractivity contribution >= 4 is 34.9 Å². The molecular formula is C11H13Cl2NO2. The molecule has 0 aliphatic rings. The first-order valence-electron chi connectivity index (χ1n) is 4.86. The molecule has 1 aromatic carbocycles. The lowest BCUT2D eigenvalue weighted by Crippen LogP contribution is -2.29. The summed E-state index contributed by atoms with van der Waals surface area (Å²) in [6, 6.07) is 4.80. The molecule has 0 spiro atoms. The summed E-state index contributed by atoms with van der Waals surface area (Å²) >= 11 is 11.8. The largest absolute Gasteiger partial charge is 0.481 e. The second-order valence-corrected chi connectivity index (χ2v) is 4.53. The second-order valence-electron chi connectivity index (χ2n) is 3.68. The maximum absolute atomic E-state index is 10.8. The van der Waals surface area contributed by atoms with Gasteiger partial charge >= 0.3 is 5.97 Å². The molecule has 0 aliphatic heterocycles. The zero-order valence-electron chi connectivity index (χ0n) is 9.00. The summed E-state index contributed by atoms with van der Waals surface area (Å²) in [5.41, 5.74) is 0.648. The molecule has 3 nitrogen and oxygen atoms in total. The summed E-state index contributed by atoms with van der Waals surface area (Å²) in [5, 5.41) is 13.0. The molecule has 1 rings (SSSR count). The highest BCUT2D eigenvalue weighted by atomic mass is 35.5. The predicted molar refractivity (Wildman–Crippen MR) is 66.3 cm³/mol. The van der Waals surface area contributed by atoms with Crippen molar-refractivity contribution in [1.82, 2.24) is 0 Å². The molecule has 5 heteroatoms. The van der Waals surface area contributed by atoms with Crippen molar-refractivity contribution in [2.75, 3.05) is 5.32 Å². The number of hydrogen-bond donors (Lipinski definition) is 2.